The van der Waals surface area contributed by atoms with Crippen molar-refractivity contribution in [2.75, 3.05) is 18.5 Å². The molecule has 1 heterocycles. The van der Waals surface area contributed by atoms with Crippen molar-refractivity contribution in [1.29, 1.82) is 0 Å². The summed E-state index contributed by atoms with van der Waals surface area (Å²) in [6.45, 7) is 7.89. The summed E-state index contributed by atoms with van der Waals surface area (Å²) in [6, 6.07) is 16.3. The van der Waals surface area contributed by atoms with Gasteiger partial charge < -0.3 is 15.4 Å². The molecule has 0 atom stereocenters. The summed E-state index contributed by atoms with van der Waals surface area (Å²) < 4.78 is 6.52. The number of amides is 2. The monoisotopic (exact) mass is 448 g/mol. The number of benzene rings is 2. The molecule has 0 aliphatic rings. The number of para-hydroxylation sites is 1. The molecule has 0 aliphatic heterocycles. The van der Waals surface area contributed by atoms with Gasteiger partial charge in [0.05, 0.1) is 25.0 Å². The molecule has 3 rings (SSSR count). The van der Waals surface area contributed by atoms with E-state index in [0.29, 0.717) is 11.3 Å². The van der Waals surface area contributed by atoms with Crippen LogP contribution in [0.15, 0.2) is 60.8 Å². The van der Waals surface area contributed by atoms with E-state index in [1.807, 2.05) is 30.3 Å². The summed E-state index contributed by atoms with van der Waals surface area (Å²) in [5, 5.41) is 9.51. The predicted molar refractivity (Wildman–Crippen MR) is 126 cm³/mol. The van der Waals surface area contributed by atoms with Crippen LogP contribution in [-0.2, 0) is 14.9 Å². The number of hydrogen-bond donors (Lipinski definition) is 2. The smallest absolute Gasteiger partial charge is 0.343 e. The molecule has 2 aromatic carbocycles. The standard InChI is InChI=1S/C25H28N4O4/c1-5-33-24(32)20-15-27-29(19-9-7-6-8-10-19)22(20)28-21(30)16-26-23(31)17-11-13-18(14-12-17)25(2,3)4/h6-15H,5,16H2,1-4H3,(H,26,31)(H,28,30). The normalized spacial score (nSPS) is 11.0. The molecule has 0 spiro atoms. The first-order valence-electron chi connectivity index (χ1n) is 10.7. The minimum Gasteiger partial charge on any atom is -0.462 e. The Morgan fingerprint density at radius 3 is 2.27 bits per heavy atom. The second-order valence-electron chi connectivity index (χ2n) is 8.43. The van der Waals surface area contributed by atoms with Gasteiger partial charge in [-0.05, 0) is 42.2 Å². The van der Waals surface area contributed by atoms with Crippen molar-refractivity contribution < 1.29 is 19.1 Å². The third-order valence-electron chi connectivity index (χ3n) is 4.95. The molecule has 33 heavy (non-hydrogen) atoms. The van der Waals surface area contributed by atoms with Gasteiger partial charge in [0.1, 0.15) is 5.56 Å². The van der Waals surface area contributed by atoms with Crippen LogP contribution in [0.25, 0.3) is 5.69 Å². The summed E-state index contributed by atoms with van der Waals surface area (Å²) in [6.07, 6.45) is 1.34. The number of esters is 1. The fraction of sp³-hybridized carbons (Fsp3) is 0.280. The van der Waals surface area contributed by atoms with Crippen LogP contribution in [-0.4, -0.2) is 40.7 Å². The SMILES string of the molecule is CCOC(=O)c1cnn(-c2ccccc2)c1NC(=O)CNC(=O)c1ccc(C(C)(C)C)cc1. The highest BCUT2D eigenvalue weighted by Gasteiger charge is 2.22. The van der Waals surface area contributed by atoms with Crippen molar-refractivity contribution in [3.8, 4) is 5.69 Å². The number of nitrogens with one attached hydrogen (secondary N) is 2. The average Bonchev–Trinajstić information content (AvgIpc) is 3.21. The molecule has 2 amide bonds. The molecule has 8 nitrogen and oxygen atoms in total. The van der Waals surface area contributed by atoms with Gasteiger partial charge in [-0.15, -0.1) is 0 Å². The van der Waals surface area contributed by atoms with Crippen molar-refractivity contribution in [3.05, 3.63) is 77.5 Å². The number of rotatable bonds is 7. The van der Waals surface area contributed by atoms with Crippen LogP contribution in [0, 0.1) is 0 Å². The zero-order chi connectivity index (χ0) is 24.0. The first-order valence-corrected chi connectivity index (χ1v) is 10.7. The van der Waals surface area contributed by atoms with Gasteiger partial charge in [-0.2, -0.15) is 5.10 Å². The van der Waals surface area contributed by atoms with E-state index >= 15 is 0 Å². The van der Waals surface area contributed by atoms with Gasteiger partial charge in [0.15, 0.2) is 5.82 Å². The number of carbonyl (C=O) groups is 3. The number of hydrogen-bond acceptors (Lipinski definition) is 5. The summed E-state index contributed by atoms with van der Waals surface area (Å²) in [4.78, 5) is 37.5. The average molecular weight is 449 g/mol. The Bertz CT molecular complexity index is 1130. The second kappa shape index (κ2) is 10.1. The van der Waals surface area contributed by atoms with Crippen molar-refractivity contribution in [2.45, 2.75) is 33.1 Å². The Labute approximate surface area is 193 Å². The highest BCUT2D eigenvalue weighted by Crippen LogP contribution is 2.23. The molecular weight excluding hydrogens is 420 g/mol. The molecule has 8 heteroatoms. The number of anilines is 1. The van der Waals surface area contributed by atoms with Gasteiger partial charge in [0.25, 0.3) is 5.91 Å². The molecule has 2 N–H and O–H groups in total. The van der Waals surface area contributed by atoms with Crippen LogP contribution in [0.2, 0.25) is 0 Å². The van der Waals surface area contributed by atoms with E-state index in [2.05, 4.69) is 36.5 Å². The topological polar surface area (TPSA) is 102 Å². The van der Waals surface area contributed by atoms with E-state index in [9.17, 15) is 14.4 Å². The summed E-state index contributed by atoms with van der Waals surface area (Å²) >= 11 is 0. The molecule has 0 unspecified atom stereocenters. The van der Waals surface area contributed by atoms with E-state index in [1.54, 1.807) is 31.2 Å². The quantitative estimate of drug-likeness (QED) is 0.537. The van der Waals surface area contributed by atoms with Gasteiger partial charge in [0, 0.05) is 5.56 Å². The lowest BCUT2D eigenvalue weighted by Gasteiger charge is -2.19. The van der Waals surface area contributed by atoms with E-state index in [4.69, 9.17) is 4.74 Å². The van der Waals surface area contributed by atoms with E-state index < -0.39 is 11.9 Å². The molecule has 172 valence electrons. The Morgan fingerprint density at radius 1 is 1.00 bits per heavy atom. The Hall–Kier alpha value is -3.94. The highest BCUT2D eigenvalue weighted by atomic mass is 16.5. The zero-order valence-electron chi connectivity index (χ0n) is 19.2. The molecule has 3 aromatic rings. The Balaban J connectivity index is 1.72. The molecule has 1 aromatic heterocycles. The maximum Gasteiger partial charge on any atom is 0.343 e. The van der Waals surface area contributed by atoms with Crippen LogP contribution in [0.4, 0.5) is 5.82 Å². The Kier molecular flexibility index (Phi) is 7.27. The van der Waals surface area contributed by atoms with Gasteiger partial charge in [-0.25, -0.2) is 9.48 Å². The fourth-order valence-electron chi connectivity index (χ4n) is 3.15. The number of carbonyl (C=O) groups excluding carboxylic acids is 3. The van der Waals surface area contributed by atoms with Crippen molar-refractivity contribution in [2.24, 2.45) is 0 Å². The summed E-state index contributed by atoms with van der Waals surface area (Å²) in [5.41, 5.74) is 2.33. The van der Waals surface area contributed by atoms with E-state index in [1.165, 1.54) is 10.9 Å². The van der Waals surface area contributed by atoms with Crippen molar-refractivity contribution in [3.63, 3.8) is 0 Å². The lowest BCUT2D eigenvalue weighted by molar-refractivity contribution is -0.115. The van der Waals surface area contributed by atoms with Crippen molar-refractivity contribution in [1.82, 2.24) is 15.1 Å². The predicted octanol–water partition coefficient (Wildman–Crippen LogP) is 3.72. The number of nitrogens with zero attached hydrogens (tertiary/aromatic N) is 2. The van der Waals surface area contributed by atoms with Gasteiger partial charge in [0.2, 0.25) is 5.91 Å². The molecular formula is C25H28N4O4. The van der Waals surface area contributed by atoms with E-state index in [-0.39, 0.29) is 35.9 Å². The minimum absolute atomic E-state index is 0.0206. The van der Waals surface area contributed by atoms with E-state index in [0.717, 1.165) is 5.56 Å². The molecule has 0 aliphatic carbocycles. The highest BCUT2D eigenvalue weighted by molar-refractivity contribution is 6.03. The number of aromatic nitrogens is 2. The van der Waals surface area contributed by atoms with Gasteiger partial charge in [-0.3, -0.25) is 9.59 Å². The van der Waals surface area contributed by atoms with Crippen LogP contribution in [0.3, 0.4) is 0 Å². The Morgan fingerprint density at radius 2 is 1.67 bits per heavy atom. The molecule has 0 saturated heterocycles. The van der Waals surface area contributed by atoms with Gasteiger partial charge >= 0.3 is 5.97 Å². The third-order valence-corrected chi connectivity index (χ3v) is 4.95. The molecule has 0 saturated carbocycles. The second-order valence-corrected chi connectivity index (χ2v) is 8.43. The van der Waals surface area contributed by atoms with Crippen LogP contribution < -0.4 is 10.6 Å². The first kappa shape index (κ1) is 23.7. The summed E-state index contributed by atoms with van der Waals surface area (Å²) in [5.74, 6) is -1.29. The van der Waals surface area contributed by atoms with Crippen LogP contribution >= 0.6 is 0 Å². The zero-order valence-corrected chi connectivity index (χ0v) is 19.2. The largest absolute Gasteiger partial charge is 0.462 e. The van der Waals surface area contributed by atoms with Gasteiger partial charge in [-0.1, -0.05) is 51.1 Å². The van der Waals surface area contributed by atoms with Crippen LogP contribution in [0.1, 0.15) is 54.0 Å². The minimum atomic E-state index is -0.599. The lowest BCUT2D eigenvalue weighted by atomic mass is 9.87. The third kappa shape index (κ3) is 5.85. The number of ether oxygens (including phenoxy) is 1. The van der Waals surface area contributed by atoms with Crippen LogP contribution in [0.5, 0.6) is 0 Å². The fourth-order valence-corrected chi connectivity index (χ4v) is 3.15. The molecule has 0 bridgehead atoms. The lowest BCUT2D eigenvalue weighted by Crippen LogP contribution is -2.33. The maximum absolute atomic E-state index is 12.6. The maximum atomic E-state index is 12.6. The molecule has 0 fully saturated rings. The summed E-state index contributed by atoms with van der Waals surface area (Å²) in [7, 11) is 0. The van der Waals surface area contributed by atoms with Crippen molar-refractivity contribution >= 4 is 23.6 Å². The molecule has 0 radical (unpaired) electrons. The first-order chi connectivity index (χ1) is 15.7.